The SMILES string of the molecule is Cn1ccc(C(=O)Nc2ccc(CCO)cc2)n1. The Morgan fingerprint density at radius 2 is 2.06 bits per heavy atom. The molecule has 0 saturated heterocycles. The van der Waals surface area contributed by atoms with E-state index >= 15 is 0 Å². The van der Waals surface area contributed by atoms with Crippen molar-refractivity contribution < 1.29 is 9.90 Å². The van der Waals surface area contributed by atoms with Crippen LogP contribution in [0.15, 0.2) is 36.5 Å². The second-order valence-electron chi connectivity index (χ2n) is 4.00. The summed E-state index contributed by atoms with van der Waals surface area (Å²) in [5.41, 5.74) is 2.14. The Hall–Kier alpha value is -2.14. The summed E-state index contributed by atoms with van der Waals surface area (Å²) in [6.07, 6.45) is 2.34. The number of aliphatic hydroxyl groups is 1. The second kappa shape index (κ2) is 5.46. The number of carbonyl (C=O) groups is 1. The molecule has 0 radical (unpaired) electrons. The number of rotatable bonds is 4. The molecule has 1 aromatic heterocycles. The molecular formula is C13H15N3O2. The molecule has 5 nitrogen and oxygen atoms in total. The molecule has 0 saturated carbocycles. The van der Waals surface area contributed by atoms with E-state index in [0.717, 1.165) is 5.56 Å². The highest BCUT2D eigenvalue weighted by Crippen LogP contribution is 2.11. The minimum absolute atomic E-state index is 0.125. The molecule has 1 heterocycles. The molecule has 0 aliphatic heterocycles. The van der Waals surface area contributed by atoms with E-state index in [-0.39, 0.29) is 12.5 Å². The van der Waals surface area contributed by atoms with Gasteiger partial charge in [0.15, 0.2) is 5.69 Å². The van der Waals surface area contributed by atoms with Gasteiger partial charge in [-0.2, -0.15) is 5.10 Å². The van der Waals surface area contributed by atoms with Gasteiger partial charge in [0, 0.05) is 25.5 Å². The molecule has 0 fully saturated rings. The van der Waals surface area contributed by atoms with Crippen molar-refractivity contribution in [2.24, 2.45) is 7.05 Å². The van der Waals surface area contributed by atoms with Crippen LogP contribution in [-0.2, 0) is 13.5 Å². The minimum atomic E-state index is -0.231. The first-order valence-electron chi connectivity index (χ1n) is 5.70. The van der Waals surface area contributed by atoms with Gasteiger partial charge in [0.05, 0.1) is 0 Å². The molecule has 2 rings (SSSR count). The Morgan fingerprint density at radius 1 is 1.33 bits per heavy atom. The zero-order valence-electron chi connectivity index (χ0n) is 10.1. The number of amides is 1. The lowest BCUT2D eigenvalue weighted by Crippen LogP contribution is -2.13. The fraction of sp³-hybridized carbons (Fsp3) is 0.231. The van der Waals surface area contributed by atoms with E-state index in [4.69, 9.17) is 5.11 Å². The van der Waals surface area contributed by atoms with Gasteiger partial charge in [-0.1, -0.05) is 12.1 Å². The molecule has 0 aliphatic rings. The summed E-state index contributed by atoms with van der Waals surface area (Å²) in [7, 11) is 1.76. The molecule has 18 heavy (non-hydrogen) atoms. The molecule has 1 amide bonds. The van der Waals surface area contributed by atoms with Gasteiger partial charge in [-0.05, 0) is 30.2 Å². The van der Waals surface area contributed by atoms with Gasteiger partial charge in [0.1, 0.15) is 0 Å². The summed E-state index contributed by atoms with van der Waals surface area (Å²) in [5, 5.41) is 15.6. The van der Waals surface area contributed by atoms with E-state index in [1.54, 1.807) is 24.0 Å². The smallest absolute Gasteiger partial charge is 0.276 e. The zero-order valence-corrected chi connectivity index (χ0v) is 10.1. The normalized spacial score (nSPS) is 10.3. The first-order valence-corrected chi connectivity index (χ1v) is 5.70. The fourth-order valence-electron chi connectivity index (χ4n) is 1.62. The highest BCUT2D eigenvalue weighted by Gasteiger charge is 2.08. The van der Waals surface area contributed by atoms with Crippen molar-refractivity contribution >= 4 is 11.6 Å². The van der Waals surface area contributed by atoms with E-state index in [1.165, 1.54) is 0 Å². The number of hydrogen-bond acceptors (Lipinski definition) is 3. The first-order chi connectivity index (χ1) is 8.69. The van der Waals surface area contributed by atoms with Crippen LogP contribution in [0.5, 0.6) is 0 Å². The van der Waals surface area contributed by atoms with Crippen molar-refractivity contribution in [2.75, 3.05) is 11.9 Å². The molecule has 94 valence electrons. The molecule has 0 spiro atoms. The van der Waals surface area contributed by atoms with Crippen molar-refractivity contribution in [1.29, 1.82) is 0 Å². The number of aliphatic hydroxyl groups excluding tert-OH is 1. The Morgan fingerprint density at radius 3 is 2.61 bits per heavy atom. The summed E-state index contributed by atoms with van der Waals surface area (Å²) >= 11 is 0. The predicted molar refractivity (Wildman–Crippen MR) is 68.4 cm³/mol. The second-order valence-corrected chi connectivity index (χ2v) is 4.00. The molecule has 2 aromatic rings. The number of benzene rings is 1. The molecule has 0 aliphatic carbocycles. The summed E-state index contributed by atoms with van der Waals surface area (Å²) in [4.78, 5) is 11.8. The maximum absolute atomic E-state index is 11.8. The van der Waals surface area contributed by atoms with Crippen LogP contribution in [0.2, 0.25) is 0 Å². The van der Waals surface area contributed by atoms with E-state index in [1.807, 2.05) is 24.3 Å². The third-order valence-electron chi connectivity index (χ3n) is 2.56. The highest BCUT2D eigenvalue weighted by atomic mass is 16.2. The Bertz CT molecular complexity index is 531. The van der Waals surface area contributed by atoms with Crippen LogP contribution in [0.25, 0.3) is 0 Å². The average molecular weight is 245 g/mol. The summed E-state index contributed by atoms with van der Waals surface area (Å²) in [6.45, 7) is 0.125. The van der Waals surface area contributed by atoms with E-state index in [9.17, 15) is 4.79 Å². The van der Waals surface area contributed by atoms with Crippen molar-refractivity contribution in [3.8, 4) is 0 Å². The number of aryl methyl sites for hydroxylation is 1. The predicted octanol–water partition coefficient (Wildman–Crippen LogP) is 1.21. The van der Waals surface area contributed by atoms with E-state index in [2.05, 4.69) is 10.4 Å². The van der Waals surface area contributed by atoms with Gasteiger partial charge in [0.2, 0.25) is 0 Å². The third-order valence-corrected chi connectivity index (χ3v) is 2.56. The van der Waals surface area contributed by atoms with Crippen LogP contribution < -0.4 is 5.32 Å². The fourth-order valence-corrected chi connectivity index (χ4v) is 1.62. The van der Waals surface area contributed by atoms with Crippen LogP contribution in [0, 0.1) is 0 Å². The van der Waals surface area contributed by atoms with Crippen LogP contribution in [-0.4, -0.2) is 27.4 Å². The van der Waals surface area contributed by atoms with Gasteiger partial charge in [0.25, 0.3) is 5.91 Å². The van der Waals surface area contributed by atoms with Crippen molar-refractivity contribution in [1.82, 2.24) is 9.78 Å². The number of nitrogens with one attached hydrogen (secondary N) is 1. The minimum Gasteiger partial charge on any atom is -0.396 e. The lowest BCUT2D eigenvalue weighted by atomic mass is 10.1. The largest absolute Gasteiger partial charge is 0.396 e. The molecule has 5 heteroatoms. The van der Waals surface area contributed by atoms with Gasteiger partial charge in [-0.15, -0.1) is 0 Å². The Labute approximate surface area is 105 Å². The average Bonchev–Trinajstić information content (AvgIpc) is 2.79. The topological polar surface area (TPSA) is 67.2 Å². The summed E-state index contributed by atoms with van der Waals surface area (Å²) < 4.78 is 1.58. The zero-order chi connectivity index (χ0) is 13.0. The monoisotopic (exact) mass is 245 g/mol. The van der Waals surface area contributed by atoms with Crippen molar-refractivity contribution in [3.05, 3.63) is 47.8 Å². The lowest BCUT2D eigenvalue weighted by molar-refractivity contribution is 0.102. The maximum atomic E-state index is 11.8. The molecule has 0 atom stereocenters. The van der Waals surface area contributed by atoms with E-state index in [0.29, 0.717) is 17.8 Å². The van der Waals surface area contributed by atoms with Gasteiger partial charge in [-0.3, -0.25) is 9.48 Å². The summed E-state index contributed by atoms with van der Waals surface area (Å²) in [5.74, 6) is -0.231. The van der Waals surface area contributed by atoms with Gasteiger partial charge in [-0.25, -0.2) is 0 Å². The third kappa shape index (κ3) is 2.95. The quantitative estimate of drug-likeness (QED) is 0.850. The standard InChI is InChI=1S/C13H15N3O2/c1-16-8-6-12(15-16)13(18)14-11-4-2-10(3-5-11)7-9-17/h2-6,8,17H,7,9H2,1H3,(H,14,18). The van der Waals surface area contributed by atoms with Gasteiger partial charge < -0.3 is 10.4 Å². The first kappa shape index (κ1) is 12.3. The number of anilines is 1. The van der Waals surface area contributed by atoms with Crippen LogP contribution in [0.4, 0.5) is 5.69 Å². The molecule has 0 bridgehead atoms. The number of hydrogen-bond donors (Lipinski definition) is 2. The molecule has 0 unspecified atom stereocenters. The number of carbonyl (C=O) groups excluding carboxylic acids is 1. The Balaban J connectivity index is 2.03. The molecule has 1 aromatic carbocycles. The molecular weight excluding hydrogens is 230 g/mol. The lowest BCUT2D eigenvalue weighted by Gasteiger charge is -2.04. The number of aromatic nitrogens is 2. The summed E-state index contributed by atoms with van der Waals surface area (Å²) in [6, 6.07) is 9.04. The van der Waals surface area contributed by atoms with E-state index < -0.39 is 0 Å². The van der Waals surface area contributed by atoms with Crippen molar-refractivity contribution in [2.45, 2.75) is 6.42 Å². The number of nitrogens with zero attached hydrogens (tertiary/aromatic N) is 2. The van der Waals surface area contributed by atoms with Crippen LogP contribution in [0.1, 0.15) is 16.1 Å². The maximum Gasteiger partial charge on any atom is 0.276 e. The highest BCUT2D eigenvalue weighted by molar-refractivity contribution is 6.02. The van der Waals surface area contributed by atoms with Gasteiger partial charge >= 0.3 is 0 Å². The van der Waals surface area contributed by atoms with Crippen LogP contribution in [0.3, 0.4) is 0 Å². The Kier molecular flexibility index (Phi) is 3.74. The van der Waals surface area contributed by atoms with Crippen LogP contribution >= 0.6 is 0 Å². The van der Waals surface area contributed by atoms with Crippen molar-refractivity contribution in [3.63, 3.8) is 0 Å². The molecule has 2 N–H and O–H groups in total.